The lowest BCUT2D eigenvalue weighted by atomic mass is 9.32. The van der Waals surface area contributed by atoms with Crippen molar-refractivity contribution in [3.63, 3.8) is 0 Å². The molecule has 5 aliphatic rings. The number of carbonyl (C=O) groups excluding carboxylic acids is 2. The van der Waals surface area contributed by atoms with E-state index in [1.54, 1.807) is 0 Å². The molecular weight excluding hydrogens is 578 g/mol. The molecule has 0 radical (unpaired) electrons. The van der Waals surface area contributed by atoms with E-state index in [9.17, 15) is 19.7 Å². The summed E-state index contributed by atoms with van der Waals surface area (Å²) in [5.41, 5.74) is 0.979. The van der Waals surface area contributed by atoms with Crippen LogP contribution in [0.25, 0.3) is 0 Å². The van der Waals surface area contributed by atoms with Crippen molar-refractivity contribution in [1.82, 2.24) is 0 Å². The number of rotatable bonds is 8. The van der Waals surface area contributed by atoms with Crippen LogP contribution in [0.1, 0.15) is 132 Å². The molecule has 258 valence electrons. The smallest absolute Gasteiger partial charge is 0.306 e. The highest BCUT2D eigenvalue weighted by molar-refractivity contribution is 5.74. The van der Waals surface area contributed by atoms with Gasteiger partial charge in [0.15, 0.2) is 0 Å². The molecule has 0 amide bonds. The first kappa shape index (κ1) is 35.1. The van der Waals surface area contributed by atoms with Crippen molar-refractivity contribution in [3.05, 3.63) is 34.5 Å². The highest BCUT2D eigenvalue weighted by Crippen LogP contribution is 2.77. The third kappa shape index (κ3) is 5.47. The Hall–Kier alpha value is -2.18. The maximum Gasteiger partial charge on any atom is 0.306 e. The molecule has 0 aromatic carbocycles. The molecule has 0 aromatic rings. The zero-order valence-corrected chi connectivity index (χ0v) is 30.2. The lowest BCUT2D eigenvalue weighted by molar-refractivity contribution is -0.403. The number of ether oxygens (including phenoxy) is 2. The third-order valence-electron chi connectivity index (χ3n) is 15.3. The summed E-state index contributed by atoms with van der Waals surface area (Å²) in [6.45, 7) is 22.9. The fourth-order valence-corrected chi connectivity index (χ4v) is 13.0. The second-order valence-electron chi connectivity index (χ2n) is 18.5. The highest BCUT2D eigenvalue weighted by Gasteiger charge is 2.71. The van der Waals surface area contributed by atoms with Crippen LogP contribution in [0.4, 0.5) is 0 Å². The van der Waals surface area contributed by atoms with Gasteiger partial charge in [-0.1, -0.05) is 60.6 Å². The van der Waals surface area contributed by atoms with Gasteiger partial charge in [0, 0.05) is 5.41 Å². The van der Waals surface area contributed by atoms with Gasteiger partial charge < -0.3 is 9.47 Å². The zero-order chi connectivity index (χ0) is 34.1. The van der Waals surface area contributed by atoms with Gasteiger partial charge in [-0.15, -0.1) is 0 Å². The fraction of sp³-hybridized carbons (Fsp3) is 0.846. The molecule has 7 heteroatoms. The van der Waals surface area contributed by atoms with Crippen molar-refractivity contribution in [2.45, 2.75) is 139 Å². The second kappa shape index (κ2) is 11.8. The summed E-state index contributed by atoms with van der Waals surface area (Å²) < 4.78 is 11.1. The molecular formula is C39H61NO6. The predicted octanol–water partition coefficient (Wildman–Crippen LogP) is 9.33. The Balaban J connectivity index is 1.39. The van der Waals surface area contributed by atoms with Crippen molar-refractivity contribution in [2.24, 2.45) is 62.1 Å². The average molecular weight is 640 g/mol. The van der Waals surface area contributed by atoms with Crippen molar-refractivity contribution in [2.75, 3.05) is 7.11 Å². The fourth-order valence-electron chi connectivity index (χ4n) is 13.0. The number of hydrogen-bond donors (Lipinski definition) is 0. The lowest BCUT2D eigenvalue weighted by Crippen LogP contribution is -2.66. The van der Waals surface area contributed by atoms with Gasteiger partial charge in [-0.3, -0.25) is 19.7 Å². The molecule has 0 saturated heterocycles. The summed E-state index contributed by atoms with van der Waals surface area (Å²) in [7, 11) is 1.38. The summed E-state index contributed by atoms with van der Waals surface area (Å²) in [6.07, 6.45) is 14.3. The van der Waals surface area contributed by atoms with Crippen molar-refractivity contribution in [3.8, 4) is 0 Å². The second-order valence-corrected chi connectivity index (χ2v) is 18.5. The number of allylic oxidation sites excluding steroid dienone is 2. The van der Waals surface area contributed by atoms with E-state index in [1.807, 2.05) is 19.9 Å². The van der Waals surface area contributed by atoms with Crippen LogP contribution in [0.5, 0.6) is 0 Å². The molecule has 0 aromatic heterocycles. The molecule has 0 heterocycles. The number of nitrogens with zero attached hydrogens (tertiary/aromatic N) is 1. The lowest BCUT2D eigenvalue weighted by Gasteiger charge is -2.73. The van der Waals surface area contributed by atoms with E-state index in [4.69, 9.17) is 9.47 Å². The molecule has 10 atom stereocenters. The Morgan fingerprint density at radius 3 is 2.20 bits per heavy atom. The Labute approximate surface area is 277 Å². The van der Waals surface area contributed by atoms with Gasteiger partial charge in [0.1, 0.15) is 6.10 Å². The maximum atomic E-state index is 13.3. The molecule has 7 nitrogen and oxygen atoms in total. The summed E-state index contributed by atoms with van der Waals surface area (Å²) in [6, 6.07) is 0. The van der Waals surface area contributed by atoms with Crippen molar-refractivity contribution in [1.29, 1.82) is 0 Å². The Morgan fingerprint density at radius 2 is 1.57 bits per heavy atom. The summed E-state index contributed by atoms with van der Waals surface area (Å²) >= 11 is 0. The number of nitro groups is 1. The molecule has 0 bridgehead atoms. The van der Waals surface area contributed by atoms with Gasteiger partial charge in [0.2, 0.25) is 6.20 Å². The normalized spacial score (nSPS) is 43.1. The number of fused-ring (bicyclic) bond motifs is 7. The van der Waals surface area contributed by atoms with Crippen LogP contribution < -0.4 is 0 Å². The number of hydrogen-bond acceptors (Lipinski definition) is 6. The van der Waals surface area contributed by atoms with Crippen LogP contribution in [-0.4, -0.2) is 30.1 Å². The van der Waals surface area contributed by atoms with Crippen molar-refractivity contribution < 1.29 is 24.0 Å². The van der Waals surface area contributed by atoms with Gasteiger partial charge in [-0.05, 0) is 134 Å². The first-order valence-electron chi connectivity index (χ1n) is 18.0. The topological polar surface area (TPSA) is 95.7 Å². The SMILES string of the molecule is C=C(C)[C@@H]1CC[C@]2(C=C[N+](=O)[O-])CC[C@]3(C)C(CCC4[C@@]5(C)CC[C@H](OC(=O)CC(C)(C)CC(=O)OC)C(C)(C)C5CC[C@]43C)C12. The molecule has 5 aliphatic carbocycles. The van der Waals surface area contributed by atoms with Crippen molar-refractivity contribution >= 4 is 11.9 Å². The molecule has 5 rings (SSSR count). The average Bonchev–Trinajstić information content (AvgIpc) is 3.33. The quantitative estimate of drug-likeness (QED) is 0.114. The van der Waals surface area contributed by atoms with Crippen LogP contribution in [-0.2, 0) is 19.1 Å². The Bertz CT molecular complexity index is 1280. The Morgan fingerprint density at radius 1 is 0.891 bits per heavy atom. The van der Waals surface area contributed by atoms with E-state index in [0.29, 0.717) is 29.6 Å². The van der Waals surface area contributed by atoms with Crippen LogP contribution in [0.3, 0.4) is 0 Å². The maximum absolute atomic E-state index is 13.3. The van der Waals surface area contributed by atoms with Gasteiger partial charge in [-0.2, -0.15) is 0 Å². The number of methoxy groups -OCH3 is 1. The minimum absolute atomic E-state index is 0.0967. The van der Waals surface area contributed by atoms with Crippen LogP contribution >= 0.6 is 0 Å². The van der Waals surface area contributed by atoms with E-state index in [-0.39, 0.29) is 62.9 Å². The van der Waals surface area contributed by atoms with Gasteiger partial charge in [0.25, 0.3) is 0 Å². The first-order chi connectivity index (χ1) is 21.3. The van der Waals surface area contributed by atoms with Gasteiger partial charge in [0.05, 0.1) is 24.9 Å². The molecule has 4 unspecified atom stereocenters. The monoisotopic (exact) mass is 639 g/mol. The molecule has 0 N–H and O–H groups in total. The third-order valence-corrected chi connectivity index (χ3v) is 15.3. The van der Waals surface area contributed by atoms with Crippen LogP contribution in [0.2, 0.25) is 0 Å². The largest absolute Gasteiger partial charge is 0.469 e. The minimum Gasteiger partial charge on any atom is -0.469 e. The number of esters is 2. The molecule has 46 heavy (non-hydrogen) atoms. The van der Waals surface area contributed by atoms with E-state index in [2.05, 4.69) is 48.1 Å². The van der Waals surface area contributed by atoms with Gasteiger partial charge >= 0.3 is 11.9 Å². The Kier molecular flexibility index (Phi) is 8.98. The summed E-state index contributed by atoms with van der Waals surface area (Å²) in [5, 5.41) is 11.5. The van der Waals surface area contributed by atoms with E-state index in [1.165, 1.54) is 38.1 Å². The van der Waals surface area contributed by atoms with E-state index >= 15 is 0 Å². The summed E-state index contributed by atoms with van der Waals surface area (Å²) in [5.74, 6) is 1.88. The predicted molar refractivity (Wildman–Crippen MR) is 180 cm³/mol. The van der Waals surface area contributed by atoms with E-state index < -0.39 is 5.41 Å². The van der Waals surface area contributed by atoms with E-state index in [0.717, 1.165) is 44.9 Å². The van der Waals surface area contributed by atoms with Gasteiger partial charge in [-0.25, -0.2) is 0 Å². The minimum atomic E-state index is -0.516. The standard InChI is InChI=1S/C39H61NO6/c1-25(2)26-13-18-39(21-22-40(43)44)20-19-37(8)27(33(26)39)11-12-29-36(7)16-15-30(35(5,6)28(36)14-17-38(29,37)9)46-32(42)24-34(3,4)23-31(41)45-10/h21-22,26-30,33H,1,11-20,23-24H2,2-10H3/t26-,27?,28?,29?,30-,33?,36-,37+,38+,39+/m0/s1. The van der Waals surface area contributed by atoms with Crippen LogP contribution in [0, 0.1) is 72.2 Å². The molecule has 5 fully saturated rings. The zero-order valence-electron chi connectivity index (χ0n) is 30.2. The molecule has 0 spiro atoms. The molecule has 5 saturated carbocycles. The number of carbonyl (C=O) groups is 2. The molecule has 0 aliphatic heterocycles. The summed E-state index contributed by atoms with van der Waals surface area (Å²) in [4.78, 5) is 36.4. The first-order valence-corrected chi connectivity index (χ1v) is 18.0. The van der Waals surface area contributed by atoms with Crippen LogP contribution in [0.15, 0.2) is 24.4 Å². The highest BCUT2D eigenvalue weighted by atomic mass is 16.6.